The second kappa shape index (κ2) is 7.70. The maximum atomic E-state index is 11.8. The molecule has 1 amide bonds. The standard InChI is InChI=1S/C16H23NO2S/c1-12-2-4-13(5-3-12)10-20-11-16(19)17-14-6-8-15(18)9-7-14/h2-5,14-15,18H,6-11H2,1H3,(H,17,19). The first-order chi connectivity index (χ1) is 9.63. The zero-order chi connectivity index (χ0) is 14.4. The van der Waals surface area contributed by atoms with Crippen LogP contribution in [0, 0.1) is 6.92 Å². The van der Waals surface area contributed by atoms with E-state index < -0.39 is 0 Å². The molecular weight excluding hydrogens is 270 g/mol. The molecule has 1 aromatic carbocycles. The van der Waals surface area contributed by atoms with Gasteiger partial charge in [0.1, 0.15) is 0 Å². The molecule has 2 N–H and O–H groups in total. The van der Waals surface area contributed by atoms with E-state index in [2.05, 4.69) is 36.5 Å². The molecule has 4 heteroatoms. The highest BCUT2D eigenvalue weighted by Crippen LogP contribution is 2.18. The minimum Gasteiger partial charge on any atom is -0.393 e. The van der Waals surface area contributed by atoms with Gasteiger partial charge in [-0.15, -0.1) is 11.8 Å². The van der Waals surface area contributed by atoms with Gasteiger partial charge in [0, 0.05) is 11.8 Å². The highest BCUT2D eigenvalue weighted by Gasteiger charge is 2.20. The Morgan fingerprint density at radius 3 is 2.55 bits per heavy atom. The lowest BCUT2D eigenvalue weighted by molar-refractivity contribution is -0.119. The number of hydrogen-bond donors (Lipinski definition) is 2. The second-order valence-corrected chi connectivity index (χ2v) is 6.54. The molecule has 1 aliphatic rings. The third kappa shape index (κ3) is 5.17. The fraction of sp³-hybridized carbons (Fsp3) is 0.562. The minimum absolute atomic E-state index is 0.114. The van der Waals surface area contributed by atoms with Crippen molar-refractivity contribution < 1.29 is 9.90 Å². The van der Waals surface area contributed by atoms with Crippen LogP contribution in [0.1, 0.15) is 36.8 Å². The van der Waals surface area contributed by atoms with Gasteiger partial charge in [-0.2, -0.15) is 0 Å². The number of aliphatic hydroxyl groups is 1. The normalized spacial score (nSPS) is 22.5. The topological polar surface area (TPSA) is 49.3 Å². The lowest BCUT2D eigenvalue weighted by Crippen LogP contribution is -2.39. The fourth-order valence-electron chi connectivity index (χ4n) is 2.44. The number of benzene rings is 1. The number of nitrogens with one attached hydrogen (secondary N) is 1. The zero-order valence-corrected chi connectivity index (χ0v) is 12.8. The molecule has 1 aliphatic carbocycles. The van der Waals surface area contributed by atoms with E-state index in [9.17, 15) is 9.90 Å². The summed E-state index contributed by atoms with van der Waals surface area (Å²) in [6, 6.07) is 8.68. The van der Waals surface area contributed by atoms with Crippen LogP contribution in [-0.2, 0) is 10.5 Å². The van der Waals surface area contributed by atoms with Gasteiger partial charge < -0.3 is 10.4 Å². The molecule has 0 radical (unpaired) electrons. The first kappa shape index (κ1) is 15.4. The van der Waals surface area contributed by atoms with Crippen LogP contribution >= 0.6 is 11.8 Å². The van der Waals surface area contributed by atoms with E-state index >= 15 is 0 Å². The Balaban J connectivity index is 1.64. The lowest BCUT2D eigenvalue weighted by atomic mass is 9.93. The van der Waals surface area contributed by atoms with E-state index in [4.69, 9.17) is 0 Å². The number of rotatable bonds is 5. The summed E-state index contributed by atoms with van der Waals surface area (Å²) in [6.07, 6.45) is 3.24. The fourth-order valence-corrected chi connectivity index (χ4v) is 3.23. The van der Waals surface area contributed by atoms with E-state index in [0.717, 1.165) is 31.4 Å². The SMILES string of the molecule is Cc1ccc(CSCC(=O)NC2CCC(O)CC2)cc1. The Kier molecular flexibility index (Phi) is 5.92. The first-order valence-corrected chi connectivity index (χ1v) is 8.39. The van der Waals surface area contributed by atoms with Crippen molar-refractivity contribution >= 4 is 17.7 Å². The highest BCUT2D eigenvalue weighted by molar-refractivity contribution is 7.99. The Labute approximate surface area is 125 Å². The van der Waals surface area contributed by atoms with Crippen molar-refractivity contribution in [3.8, 4) is 0 Å². The van der Waals surface area contributed by atoms with Crippen molar-refractivity contribution in [3.05, 3.63) is 35.4 Å². The Morgan fingerprint density at radius 1 is 1.25 bits per heavy atom. The van der Waals surface area contributed by atoms with Gasteiger partial charge in [-0.25, -0.2) is 0 Å². The van der Waals surface area contributed by atoms with Crippen molar-refractivity contribution in [1.29, 1.82) is 0 Å². The smallest absolute Gasteiger partial charge is 0.230 e. The summed E-state index contributed by atoms with van der Waals surface area (Å²) < 4.78 is 0. The molecule has 2 rings (SSSR count). The number of thioether (sulfide) groups is 1. The average molecular weight is 293 g/mol. The third-order valence-electron chi connectivity index (χ3n) is 3.68. The Bertz CT molecular complexity index is 425. The molecule has 3 nitrogen and oxygen atoms in total. The average Bonchev–Trinajstić information content (AvgIpc) is 2.44. The quantitative estimate of drug-likeness (QED) is 0.877. The number of aliphatic hydroxyl groups excluding tert-OH is 1. The van der Waals surface area contributed by atoms with Gasteiger partial charge in [-0.3, -0.25) is 4.79 Å². The van der Waals surface area contributed by atoms with Crippen molar-refractivity contribution in [2.75, 3.05) is 5.75 Å². The maximum absolute atomic E-state index is 11.8. The predicted octanol–water partition coefficient (Wildman–Crippen LogP) is 2.65. The largest absolute Gasteiger partial charge is 0.393 e. The molecule has 0 bridgehead atoms. The van der Waals surface area contributed by atoms with E-state index in [0.29, 0.717) is 5.75 Å². The van der Waals surface area contributed by atoms with Gasteiger partial charge in [0.05, 0.1) is 11.9 Å². The van der Waals surface area contributed by atoms with Crippen LogP contribution in [0.3, 0.4) is 0 Å². The van der Waals surface area contributed by atoms with Crippen molar-refractivity contribution in [2.45, 2.75) is 50.5 Å². The molecule has 0 heterocycles. The van der Waals surface area contributed by atoms with E-state index in [1.807, 2.05) is 0 Å². The molecule has 1 fully saturated rings. The Morgan fingerprint density at radius 2 is 1.90 bits per heavy atom. The maximum Gasteiger partial charge on any atom is 0.230 e. The summed E-state index contributed by atoms with van der Waals surface area (Å²) in [4.78, 5) is 11.8. The summed E-state index contributed by atoms with van der Waals surface area (Å²) in [7, 11) is 0. The summed E-state index contributed by atoms with van der Waals surface area (Å²) in [6.45, 7) is 2.07. The van der Waals surface area contributed by atoms with E-state index in [-0.39, 0.29) is 18.1 Å². The summed E-state index contributed by atoms with van der Waals surface area (Å²) in [5, 5.41) is 12.5. The molecule has 0 atom stereocenters. The molecule has 1 aromatic rings. The molecule has 0 spiro atoms. The number of amides is 1. The summed E-state index contributed by atoms with van der Waals surface area (Å²) in [5.41, 5.74) is 2.52. The van der Waals surface area contributed by atoms with Crippen LogP contribution in [0.15, 0.2) is 24.3 Å². The molecule has 110 valence electrons. The predicted molar refractivity (Wildman–Crippen MR) is 83.7 cm³/mol. The molecule has 0 aromatic heterocycles. The van der Waals surface area contributed by atoms with Crippen LogP contribution in [0.4, 0.5) is 0 Å². The summed E-state index contributed by atoms with van der Waals surface area (Å²) >= 11 is 1.65. The highest BCUT2D eigenvalue weighted by atomic mass is 32.2. The number of carbonyl (C=O) groups is 1. The zero-order valence-electron chi connectivity index (χ0n) is 12.0. The van der Waals surface area contributed by atoms with Crippen LogP contribution in [0.2, 0.25) is 0 Å². The van der Waals surface area contributed by atoms with Gasteiger partial charge in [-0.1, -0.05) is 29.8 Å². The Hall–Kier alpha value is -1.00. The lowest BCUT2D eigenvalue weighted by Gasteiger charge is -2.26. The van der Waals surface area contributed by atoms with E-state index in [1.165, 1.54) is 11.1 Å². The van der Waals surface area contributed by atoms with Crippen molar-refractivity contribution in [3.63, 3.8) is 0 Å². The van der Waals surface area contributed by atoms with Crippen LogP contribution in [0.5, 0.6) is 0 Å². The molecule has 0 saturated heterocycles. The van der Waals surface area contributed by atoms with Crippen LogP contribution in [0.25, 0.3) is 0 Å². The van der Waals surface area contributed by atoms with Crippen molar-refractivity contribution in [2.24, 2.45) is 0 Å². The number of hydrogen-bond acceptors (Lipinski definition) is 3. The number of aryl methyl sites for hydroxylation is 1. The van der Waals surface area contributed by atoms with Gasteiger partial charge in [0.2, 0.25) is 5.91 Å². The number of carbonyl (C=O) groups excluding carboxylic acids is 1. The van der Waals surface area contributed by atoms with E-state index in [1.54, 1.807) is 11.8 Å². The monoisotopic (exact) mass is 293 g/mol. The van der Waals surface area contributed by atoms with Crippen molar-refractivity contribution in [1.82, 2.24) is 5.32 Å². The van der Waals surface area contributed by atoms with Gasteiger partial charge in [0.15, 0.2) is 0 Å². The van der Waals surface area contributed by atoms with Gasteiger partial charge >= 0.3 is 0 Å². The first-order valence-electron chi connectivity index (χ1n) is 7.24. The second-order valence-electron chi connectivity index (χ2n) is 5.55. The molecule has 0 unspecified atom stereocenters. The minimum atomic E-state index is -0.168. The summed E-state index contributed by atoms with van der Waals surface area (Å²) in [5.74, 6) is 1.49. The third-order valence-corrected chi connectivity index (χ3v) is 4.69. The molecular formula is C16H23NO2S. The van der Waals surface area contributed by atoms with Gasteiger partial charge in [0.25, 0.3) is 0 Å². The molecule has 20 heavy (non-hydrogen) atoms. The molecule has 1 saturated carbocycles. The van der Waals surface area contributed by atoms with Crippen LogP contribution < -0.4 is 5.32 Å². The molecule has 0 aliphatic heterocycles. The van der Waals surface area contributed by atoms with Gasteiger partial charge in [-0.05, 0) is 38.2 Å². The van der Waals surface area contributed by atoms with Crippen LogP contribution in [-0.4, -0.2) is 28.9 Å².